The first-order valence-corrected chi connectivity index (χ1v) is 8.77. The molecule has 0 aliphatic carbocycles. The first-order valence-electron chi connectivity index (χ1n) is 7.12. The molecule has 21 heavy (non-hydrogen) atoms. The molecule has 0 amide bonds. The van der Waals surface area contributed by atoms with Crippen molar-refractivity contribution in [3.05, 3.63) is 34.4 Å². The normalized spacial score (nSPS) is 18.3. The Morgan fingerprint density at radius 1 is 1.24 bits per heavy atom. The largest absolute Gasteiger partial charge is 0.300 e. The second kappa shape index (κ2) is 6.53. The maximum Gasteiger partial charge on any atom is 0.287 e. The highest BCUT2D eigenvalue weighted by atomic mass is 32.2. The van der Waals surface area contributed by atoms with Crippen LogP contribution in [0.2, 0.25) is 0 Å². The lowest BCUT2D eigenvalue weighted by Gasteiger charge is -2.32. The van der Waals surface area contributed by atoms with Crippen molar-refractivity contribution in [2.75, 3.05) is 18.8 Å². The predicted octanol–water partition coefficient (Wildman–Crippen LogP) is 2.24. The quantitative estimate of drug-likeness (QED) is 0.615. The molecule has 0 saturated carbocycles. The number of sulfone groups is 1. The Kier molecular flexibility index (Phi) is 4.95. The van der Waals surface area contributed by atoms with Crippen LogP contribution in [-0.2, 0) is 9.84 Å². The van der Waals surface area contributed by atoms with E-state index in [9.17, 15) is 18.5 Å². The van der Waals surface area contributed by atoms with Gasteiger partial charge in [0.2, 0.25) is 0 Å². The van der Waals surface area contributed by atoms with Gasteiger partial charge in [-0.2, -0.15) is 0 Å². The minimum Gasteiger partial charge on any atom is -0.300 e. The zero-order chi connectivity index (χ0) is 15.5. The zero-order valence-corrected chi connectivity index (χ0v) is 12.9. The SMILES string of the molecule is CC(CS(=O)(=O)c1ccccc1[N+](=O)[O-])N1CCCCC1. The molecule has 1 fully saturated rings. The van der Waals surface area contributed by atoms with Crippen molar-refractivity contribution < 1.29 is 13.3 Å². The summed E-state index contributed by atoms with van der Waals surface area (Å²) in [6.07, 6.45) is 3.34. The van der Waals surface area contributed by atoms with Gasteiger partial charge in [-0.25, -0.2) is 8.42 Å². The number of piperidine rings is 1. The lowest BCUT2D eigenvalue weighted by Crippen LogP contribution is -2.41. The average Bonchev–Trinajstić information content (AvgIpc) is 2.47. The van der Waals surface area contributed by atoms with E-state index in [2.05, 4.69) is 4.90 Å². The second-order valence-corrected chi connectivity index (χ2v) is 7.45. The summed E-state index contributed by atoms with van der Waals surface area (Å²) in [6.45, 7) is 3.67. The molecule has 0 bridgehead atoms. The summed E-state index contributed by atoms with van der Waals surface area (Å²) in [5.74, 6) is -0.0855. The first kappa shape index (κ1) is 15.9. The van der Waals surface area contributed by atoms with Crippen LogP contribution in [0, 0.1) is 10.1 Å². The van der Waals surface area contributed by atoms with E-state index >= 15 is 0 Å². The number of nitro groups is 1. The number of benzene rings is 1. The van der Waals surface area contributed by atoms with Gasteiger partial charge in [-0.1, -0.05) is 18.6 Å². The van der Waals surface area contributed by atoms with Crippen LogP contribution in [0.25, 0.3) is 0 Å². The van der Waals surface area contributed by atoms with Crippen molar-refractivity contribution >= 4 is 15.5 Å². The van der Waals surface area contributed by atoms with E-state index < -0.39 is 14.8 Å². The number of rotatable bonds is 5. The van der Waals surface area contributed by atoms with Gasteiger partial charge in [-0.3, -0.25) is 15.0 Å². The van der Waals surface area contributed by atoms with E-state index in [0.717, 1.165) is 25.9 Å². The lowest BCUT2D eigenvalue weighted by atomic mass is 10.1. The molecule has 1 aliphatic rings. The molecule has 1 aromatic carbocycles. The van der Waals surface area contributed by atoms with Crippen molar-refractivity contribution in [3.63, 3.8) is 0 Å². The molecule has 1 aromatic rings. The number of para-hydroxylation sites is 1. The molecule has 1 atom stereocenters. The molecule has 1 aliphatic heterocycles. The fraction of sp³-hybridized carbons (Fsp3) is 0.571. The molecule has 116 valence electrons. The van der Waals surface area contributed by atoms with Gasteiger partial charge in [-0.15, -0.1) is 0 Å². The first-order chi connectivity index (χ1) is 9.92. The maximum absolute atomic E-state index is 12.5. The smallest absolute Gasteiger partial charge is 0.287 e. The van der Waals surface area contributed by atoms with Gasteiger partial charge < -0.3 is 0 Å². The lowest BCUT2D eigenvalue weighted by molar-refractivity contribution is -0.387. The average molecular weight is 312 g/mol. The summed E-state index contributed by atoms with van der Waals surface area (Å²) in [5.41, 5.74) is -0.344. The second-order valence-electron chi connectivity index (χ2n) is 5.45. The maximum atomic E-state index is 12.5. The van der Waals surface area contributed by atoms with Crippen LogP contribution in [0.3, 0.4) is 0 Å². The molecule has 0 aromatic heterocycles. The molecular formula is C14H20N2O4S. The van der Waals surface area contributed by atoms with E-state index in [1.807, 2.05) is 6.92 Å². The third-order valence-corrected chi connectivity index (χ3v) is 5.81. The van der Waals surface area contributed by atoms with Crippen LogP contribution in [-0.4, -0.2) is 43.1 Å². The van der Waals surface area contributed by atoms with Gasteiger partial charge in [0, 0.05) is 12.1 Å². The molecule has 1 unspecified atom stereocenters. The fourth-order valence-electron chi connectivity index (χ4n) is 2.74. The highest BCUT2D eigenvalue weighted by molar-refractivity contribution is 7.91. The number of nitrogens with zero attached hydrogens (tertiary/aromatic N) is 2. The van der Waals surface area contributed by atoms with Crippen molar-refractivity contribution in [2.45, 2.75) is 37.1 Å². The fourth-order valence-corrected chi connectivity index (χ4v) is 4.52. The van der Waals surface area contributed by atoms with Gasteiger partial charge in [0.1, 0.15) is 4.90 Å². The molecule has 1 heterocycles. The standard InChI is InChI=1S/C14H20N2O4S/c1-12(15-9-5-2-6-10-15)11-21(19,20)14-8-4-3-7-13(14)16(17)18/h3-4,7-8,12H,2,5-6,9-11H2,1H3. The van der Waals surface area contributed by atoms with Gasteiger partial charge in [0.15, 0.2) is 9.84 Å². The molecular weight excluding hydrogens is 292 g/mol. The van der Waals surface area contributed by atoms with E-state index in [1.165, 1.54) is 30.7 Å². The van der Waals surface area contributed by atoms with Crippen molar-refractivity contribution in [2.24, 2.45) is 0 Å². The Morgan fingerprint density at radius 3 is 2.48 bits per heavy atom. The Labute approximate surface area is 124 Å². The van der Waals surface area contributed by atoms with E-state index in [4.69, 9.17) is 0 Å². The Balaban J connectivity index is 2.20. The molecule has 7 heteroatoms. The Bertz CT molecular complexity index is 609. The van der Waals surface area contributed by atoms with E-state index in [1.54, 1.807) is 0 Å². The highest BCUT2D eigenvalue weighted by Crippen LogP contribution is 2.25. The zero-order valence-electron chi connectivity index (χ0n) is 12.1. The van der Waals surface area contributed by atoms with Gasteiger partial charge in [0.05, 0.1) is 10.7 Å². The van der Waals surface area contributed by atoms with Crippen LogP contribution in [0.4, 0.5) is 5.69 Å². The summed E-state index contributed by atoms with van der Waals surface area (Å²) in [5, 5.41) is 11.0. The Hall–Kier alpha value is -1.47. The summed E-state index contributed by atoms with van der Waals surface area (Å²) in [6, 6.07) is 5.42. The minimum atomic E-state index is -3.67. The van der Waals surface area contributed by atoms with Crippen molar-refractivity contribution in [1.82, 2.24) is 4.90 Å². The minimum absolute atomic E-state index is 0.0855. The number of hydrogen-bond donors (Lipinski definition) is 0. The number of hydrogen-bond acceptors (Lipinski definition) is 5. The molecule has 0 N–H and O–H groups in total. The molecule has 0 radical (unpaired) electrons. The monoisotopic (exact) mass is 312 g/mol. The van der Waals surface area contributed by atoms with Crippen LogP contribution >= 0.6 is 0 Å². The number of likely N-dealkylation sites (tertiary alicyclic amines) is 1. The van der Waals surface area contributed by atoms with Gasteiger partial charge in [-0.05, 0) is 38.9 Å². The molecule has 1 saturated heterocycles. The highest BCUT2D eigenvalue weighted by Gasteiger charge is 2.29. The molecule has 2 rings (SSSR count). The van der Waals surface area contributed by atoms with Crippen LogP contribution in [0.15, 0.2) is 29.2 Å². The summed E-state index contributed by atoms with van der Waals surface area (Å²) in [4.78, 5) is 12.3. The topological polar surface area (TPSA) is 80.5 Å². The summed E-state index contributed by atoms with van der Waals surface area (Å²) < 4.78 is 25.0. The van der Waals surface area contributed by atoms with Crippen LogP contribution < -0.4 is 0 Å². The summed E-state index contributed by atoms with van der Waals surface area (Å²) >= 11 is 0. The summed E-state index contributed by atoms with van der Waals surface area (Å²) in [7, 11) is -3.67. The van der Waals surface area contributed by atoms with Crippen molar-refractivity contribution in [1.29, 1.82) is 0 Å². The molecule has 0 spiro atoms. The van der Waals surface area contributed by atoms with Crippen LogP contribution in [0.1, 0.15) is 26.2 Å². The third-order valence-electron chi connectivity index (χ3n) is 3.87. The van der Waals surface area contributed by atoms with Crippen LogP contribution in [0.5, 0.6) is 0 Å². The van der Waals surface area contributed by atoms with Crippen molar-refractivity contribution in [3.8, 4) is 0 Å². The predicted molar refractivity (Wildman–Crippen MR) is 80.0 cm³/mol. The molecule has 6 nitrogen and oxygen atoms in total. The van der Waals surface area contributed by atoms with E-state index in [0.29, 0.717) is 0 Å². The Morgan fingerprint density at radius 2 is 1.86 bits per heavy atom. The van der Waals surface area contributed by atoms with Gasteiger partial charge >= 0.3 is 0 Å². The van der Waals surface area contributed by atoms with Gasteiger partial charge in [0.25, 0.3) is 5.69 Å². The van der Waals surface area contributed by atoms with E-state index in [-0.39, 0.29) is 22.4 Å². The third kappa shape index (κ3) is 3.79. The number of nitro benzene ring substituents is 1.